The molecule has 2 aromatic carbocycles. The molecular formula is C28H34N2O2. The average Bonchev–Trinajstić information content (AvgIpc) is 2.83. The summed E-state index contributed by atoms with van der Waals surface area (Å²) in [6.07, 6.45) is 14.0. The Morgan fingerprint density at radius 2 is 1.31 bits per heavy atom. The molecule has 0 bridgehead atoms. The molecule has 0 saturated heterocycles. The summed E-state index contributed by atoms with van der Waals surface area (Å²) in [6.45, 7) is 4.43. The van der Waals surface area contributed by atoms with E-state index in [1.165, 1.54) is 62.3 Å². The zero-order valence-electron chi connectivity index (χ0n) is 19.3. The van der Waals surface area contributed by atoms with Crippen LogP contribution in [0.5, 0.6) is 5.88 Å². The lowest BCUT2D eigenvalue weighted by Crippen LogP contribution is -2.09. The topological polar surface area (TPSA) is 52.1 Å². The fourth-order valence-corrected chi connectivity index (χ4v) is 3.66. The number of aromatic nitrogens is 2. The molecule has 3 aromatic rings. The molecule has 0 fully saturated rings. The van der Waals surface area contributed by atoms with Crippen LogP contribution in [0.15, 0.2) is 60.9 Å². The van der Waals surface area contributed by atoms with Gasteiger partial charge in [-0.15, -0.1) is 0 Å². The Labute approximate surface area is 192 Å². The minimum absolute atomic E-state index is 0.207. The van der Waals surface area contributed by atoms with Gasteiger partial charge in [0.05, 0.1) is 23.7 Å². The molecule has 0 radical (unpaired) electrons. The van der Waals surface area contributed by atoms with Gasteiger partial charge >= 0.3 is 5.97 Å². The van der Waals surface area contributed by atoms with Crippen LogP contribution in [-0.2, 0) is 12.8 Å². The monoisotopic (exact) mass is 430 g/mol. The summed E-state index contributed by atoms with van der Waals surface area (Å²) < 4.78 is 5.41. The average molecular weight is 431 g/mol. The van der Waals surface area contributed by atoms with Crippen LogP contribution >= 0.6 is 0 Å². The predicted molar refractivity (Wildman–Crippen MR) is 130 cm³/mol. The molecule has 32 heavy (non-hydrogen) atoms. The Kier molecular flexibility index (Phi) is 9.42. The molecular weight excluding hydrogens is 396 g/mol. The molecule has 168 valence electrons. The van der Waals surface area contributed by atoms with Crippen LogP contribution < -0.4 is 4.74 Å². The second-order valence-electron chi connectivity index (χ2n) is 8.29. The molecule has 0 atom stereocenters. The second kappa shape index (κ2) is 12.7. The fraction of sp³-hybridized carbons (Fsp3) is 0.393. The minimum Gasteiger partial charge on any atom is -0.402 e. The highest BCUT2D eigenvalue weighted by Gasteiger charge is 2.10. The zero-order chi connectivity index (χ0) is 22.6. The summed E-state index contributed by atoms with van der Waals surface area (Å²) >= 11 is 0. The first-order valence-corrected chi connectivity index (χ1v) is 11.9. The van der Waals surface area contributed by atoms with E-state index in [-0.39, 0.29) is 5.88 Å². The lowest BCUT2D eigenvalue weighted by Gasteiger charge is -2.06. The van der Waals surface area contributed by atoms with E-state index in [4.69, 9.17) is 4.74 Å². The third-order valence-corrected chi connectivity index (χ3v) is 5.65. The van der Waals surface area contributed by atoms with Crippen LogP contribution in [0.2, 0.25) is 0 Å². The molecule has 0 unspecified atom stereocenters. The standard InChI is InChI=1S/C28H34N2O2/c1-3-5-7-9-11-23-14-18-25(19-15-23)28(31)32-27-21-29-26(20-30-27)24-16-12-22(13-17-24)10-8-6-4-2/h12-21H,3-11H2,1-2H3. The quantitative estimate of drug-likeness (QED) is 0.225. The molecule has 0 spiro atoms. The number of nitrogens with zero attached hydrogens (tertiary/aromatic N) is 2. The highest BCUT2D eigenvalue weighted by atomic mass is 16.5. The van der Waals surface area contributed by atoms with Gasteiger partial charge in [-0.3, -0.25) is 0 Å². The van der Waals surface area contributed by atoms with Crippen molar-refractivity contribution in [2.75, 3.05) is 0 Å². The first-order valence-electron chi connectivity index (χ1n) is 11.9. The van der Waals surface area contributed by atoms with Gasteiger partial charge in [-0.1, -0.05) is 82.3 Å². The molecule has 0 aliphatic rings. The Morgan fingerprint density at radius 3 is 1.91 bits per heavy atom. The highest BCUT2D eigenvalue weighted by molar-refractivity contribution is 5.90. The molecule has 0 amide bonds. The van der Waals surface area contributed by atoms with Crippen molar-refractivity contribution < 1.29 is 9.53 Å². The van der Waals surface area contributed by atoms with Crippen molar-refractivity contribution >= 4 is 5.97 Å². The van der Waals surface area contributed by atoms with Crippen LogP contribution in [0.25, 0.3) is 11.3 Å². The molecule has 0 N–H and O–H groups in total. The van der Waals surface area contributed by atoms with E-state index in [2.05, 4.69) is 48.1 Å². The molecule has 1 heterocycles. The number of carbonyl (C=O) groups is 1. The zero-order valence-corrected chi connectivity index (χ0v) is 19.3. The normalized spacial score (nSPS) is 10.8. The number of hydrogen-bond donors (Lipinski definition) is 0. The van der Waals surface area contributed by atoms with Crippen LogP contribution in [0.3, 0.4) is 0 Å². The maximum absolute atomic E-state index is 12.4. The van der Waals surface area contributed by atoms with E-state index in [1.807, 2.05) is 24.3 Å². The van der Waals surface area contributed by atoms with Crippen molar-refractivity contribution in [2.45, 2.75) is 71.6 Å². The van der Waals surface area contributed by atoms with Crippen LogP contribution in [0, 0.1) is 0 Å². The molecule has 4 heteroatoms. The van der Waals surface area contributed by atoms with Crippen molar-refractivity contribution in [1.82, 2.24) is 9.97 Å². The number of ether oxygens (including phenoxy) is 1. The summed E-state index contributed by atoms with van der Waals surface area (Å²) in [7, 11) is 0. The summed E-state index contributed by atoms with van der Waals surface area (Å²) in [6, 6.07) is 16.1. The number of benzene rings is 2. The Hall–Kier alpha value is -3.01. The maximum atomic E-state index is 12.4. The largest absolute Gasteiger partial charge is 0.402 e. The number of hydrogen-bond acceptors (Lipinski definition) is 4. The molecule has 1 aromatic heterocycles. The molecule has 0 aliphatic heterocycles. The van der Waals surface area contributed by atoms with Gasteiger partial charge < -0.3 is 4.74 Å². The summed E-state index contributed by atoms with van der Waals surface area (Å²) in [5, 5.41) is 0. The molecule has 3 rings (SSSR count). The maximum Gasteiger partial charge on any atom is 0.344 e. The van der Waals surface area contributed by atoms with Crippen LogP contribution in [0.1, 0.15) is 80.3 Å². The van der Waals surface area contributed by atoms with E-state index in [1.54, 1.807) is 6.20 Å². The van der Waals surface area contributed by atoms with Gasteiger partial charge in [0, 0.05) is 5.56 Å². The SMILES string of the molecule is CCCCCCc1ccc(C(=O)Oc2cnc(-c3ccc(CCCCC)cc3)cn2)cc1. The van der Waals surface area contributed by atoms with Gasteiger partial charge in [-0.2, -0.15) is 0 Å². The van der Waals surface area contributed by atoms with Crippen molar-refractivity contribution in [3.8, 4) is 17.1 Å². The smallest absolute Gasteiger partial charge is 0.344 e. The number of esters is 1. The van der Waals surface area contributed by atoms with Gasteiger partial charge in [0.15, 0.2) is 0 Å². The van der Waals surface area contributed by atoms with E-state index >= 15 is 0 Å². The van der Waals surface area contributed by atoms with Gasteiger partial charge in [0.2, 0.25) is 5.88 Å². The Balaban J connectivity index is 1.53. The summed E-state index contributed by atoms with van der Waals surface area (Å²) in [5.41, 5.74) is 4.87. The first-order chi connectivity index (χ1) is 15.7. The predicted octanol–water partition coefficient (Wildman–Crippen LogP) is 7.22. The highest BCUT2D eigenvalue weighted by Crippen LogP contribution is 2.20. The van der Waals surface area contributed by atoms with Gasteiger partial charge in [-0.05, 0) is 48.9 Å². The molecule has 4 nitrogen and oxygen atoms in total. The summed E-state index contributed by atoms with van der Waals surface area (Å²) in [4.78, 5) is 21.1. The van der Waals surface area contributed by atoms with Crippen LogP contribution in [0.4, 0.5) is 0 Å². The number of rotatable bonds is 12. The lowest BCUT2D eigenvalue weighted by molar-refractivity contribution is 0.0727. The Morgan fingerprint density at radius 1 is 0.719 bits per heavy atom. The van der Waals surface area contributed by atoms with E-state index in [0.29, 0.717) is 5.56 Å². The van der Waals surface area contributed by atoms with Gasteiger partial charge in [0.25, 0.3) is 0 Å². The van der Waals surface area contributed by atoms with E-state index in [0.717, 1.165) is 24.1 Å². The number of carbonyl (C=O) groups excluding carboxylic acids is 1. The van der Waals surface area contributed by atoms with Gasteiger partial charge in [-0.25, -0.2) is 14.8 Å². The number of aryl methyl sites for hydroxylation is 2. The third kappa shape index (κ3) is 7.30. The van der Waals surface area contributed by atoms with Crippen molar-refractivity contribution in [3.05, 3.63) is 77.6 Å². The first kappa shape index (κ1) is 23.6. The molecule has 0 aliphatic carbocycles. The minimum atomic E-state index is -0.416. The van der Waals surface area contributed by atoms with Crippen molar-refractivity contribution in [1.29, 1.82) is 0 Å². The van der Waals surface area contributed by atoms with Crippen molar-refractivity contribution in [2.24, 2.45) is 0 Å². The lowest BCUT2D eigenvalue weighted by atomic mass is 10.0. The summed E-state index contributed by atoms with van der Waals surface area (Å²) in [5.74, 6) is -0.209. The van der Waals surface area contributed by atoms with E-state index < -0.39 is 5.97 Å². The second-order valence-corrected chi connectivity index (χ2v) is 8.29. The molecule has 0 saturated carbocycles. The van der Waals surface area contributed by atoms with Gasteiger partial charge in [0.1, 0.15) is 0 Å². The van der Waals surface area contributed by atoms with E-state index in [9.17, 15) is 4.79 Å². The van der Waals surface area contributed by atoms with Crippen molar-refractivity contribution in [3.63, 3.8) is 0 Å². The van der Waals surface area contributed by atoms with Crippen LogP contribution in [-0.4, -0.2) is 15.9 Å². The Bertz CT molecular complexity index is 948. The number of unbranched alkanes of at least 4 members (excludes halogenated alkanes) is 5. The fourth-order valence-electron chi connectivity index (χ4n) is 3.66. The third-order valence-electron chi connectivity index (χ3n) is 5.65.